The van der Waals surface area contributed by atoms with Crippen molar-refractivity contribution in [3.05, 3.63) is 34.1 Å². The van der Waals surface area contributed by atoms with Gasteiger partial charge in [0.2, 0.25) is 0 Å². The zero-order chi connectivity index (χ0) is 15.5. The SMILES string of the molecule is CN(/N=C(\N)c1ccc(Br)c(F)c1)C(=O)OC(C)(C)C. The van der Waals surface area contributed by atoms with Crippen molar-refractivity contribution in [3.8, 4) is 0 Å². The van der Waals surface area contributed by atoms with Crippen LogP contribution >= 0.6 is 15.9 Å². The Morgan fingerprint density at radius 1 is 1.45 bits per heavy atom. The lowest BCUT2D eigenvalue weighted by Gasteiger charge is -2.22. The lowest BCUT2D eigenvalue weighted by Crippen LogP contribution is -2.33. The Balaban J connectivity index is 2.87. The topological polar surface area (TPSA) is 67.9 Å². The Bertz CT molecular complexity index is 541. The van der Waals surface area contributed by atoms with E-state index in [2.05, 4.69) is 21.0 Å². The second-order valence-electron chi connectivity index (χ2n) is 5.12. The first-order valence-electron chi connectivity index (χ1n) is 5.86. The quantitative estimate of drug-likeness (QED) is 0.508. The standard InChI is InChI=1S/C13H17BrFN3O2/c1-13(2,3)20-12(19)18(4)17-11(16)8-5-6-9(14)10(15)7-8/h5-7H,1-4H3,(H2,16,17). The molecule has 1 amide bonds. The van der Waals surface area contributed by atoms with Gasteiger partial charge in [-0.3, -0.25) is 0 Å². The molecule has 0 bridgehead atoms. The molecule has 7 heteroatoms. The van der Waals surface area contributed by atoms with E-state index in [1.807, 2.05) is 0 Å². The van der Waals surface area contributed by atoms with Crippen LogP contribution in [0, 0.1) is 5.82 Å². The van der Waals surface area contributed by atoms with Crippen LogP contribution in [0.3, 0.4) is 0 Å². The van der Waals surface area contributed by atoms with Crippen LogP contribution in [-0.4, -0.2) is 29.6 Å². The van der Waals surface area contributed by atoms with Crippen LogP contribution in [0.15, 0.2) is 27.8 Å². The maximum Gasteiger partial charge on any atom is 0.430 e. The van der Waals surface area contributed by atoms with E-state index in [0.29, 0.717) is 10.0 Å². The molecule has 0 atom stereocenters. The monoisotopic (exact) mass is 345 g/mol. The van der Waals surface area contributed by atoms with Crippen LogP contribution in [0.5, 0.6) is 0 Å². The molecule has 5 nitrogen and oxygen atoms in total. The molecule has 0 aliphatic carbocycles. The minimum Gasteiger partial charge on any atom is -0.442 e. The zero-order valence-corrected chi connectivity index (χ0v) is 13.4. The van der Waals surface area contributed by atoms with Gasteiger partial charge in [-0.15, -0.1) is 5.10 Å². The van der Waals surface area contributed by atoms with Crippen LogP contribution in [-0.2, 0) is 4.74 Å². The molecule has 1 aromatic rings. The number of hydrazone groups is 1. The van der Waals surface area contributed by atoms with Gasteiger partial charge in [-0.2, -0.15) is 5.01 Å². The van der Waals surface area contributed by atoms with E-state index in [1.165, 1.54) is 19.2 Å². The Morgan fingerprint density at radius 2 is 2.05 bits per heavy atom. The average Bonchev–Trinajstić information content (AvgIpc) is 2.30. The fourth-order valence-electron chi connectivity index (χ4n) is 1.24. The van der Waals surface area contributed by atoms with Gasteiger partial charge in [0.1, 0.15) is 11.4 Å². The summed E-state index contributed by atoms with van der Waals surface area (Å²) in [6.07, 6.45) is -0.641. The first kappa shape index (κ1) is 16.4. The number of hydrogen-bond donors (Lipinski definition) is 1. The highest BCUT2D eigenvalue weighted by atomic mass is 79.9. The number of ether oxygens (including phenoxy) is 1. The zero-order valence-electron chi connectivity index (χ0n) is 11.8. The molecule has 0 aromatic heterocycles. The molecule has 1 aromatic carbocycles. The van der Waals surface area contributed by atoms with Crippen molar-refractivity contribution in [2.75, 3.05) is 7.05 Å². The number of carbonyl (C=O) groups excluding carboxylic acids is 1. The van der Waals surface area contributed by atoms with Gasteiger partial charge in [0, 0.05) is 12.6 Å². The van der Waals surface area contributed by atoms with Crippen molar-refractivity contribution < 1.29 is 13.9 Å². The van der Waals surface area contributed by atoms with Crippen molar-refractivity contribution in [2.24, 2.45) is 10.8 Å². The van der Waals surface area contributed by atoms with Crippen molar-refractivity contribution in [1.82, 2.24) is 5.01 Å². The molecular formula is C13H17BrFN3O2. The lowest BCUT2D eigenvalue weighted by molar-refractivity contribution is 0.0303. The Kier molecular flexibility index (Phi) is 5.10. The number of hydrogen-bond acceptors (Lipinski definition) is 3. The number of nitrogens with zero attached hydrogens (tertiary/aromatic N) is 2. The summed E-state index contributed by atoms with van der Waals surface area (Å²) in [5, 5.41) is 4.85. The molecular weight excluding hydrogens is 329 g/mol. The van der Waals surface area contributed by atoms with Crippen molar-refractivity contribution in [3.63, 3.8) is 0 Å². The molecule has 0 radical (unpaired) electrons. The summed E-state index contributed by atoms with van der Waals surface area (Å²) >= 11 is 3.05. The normalized spacial score (nSPS) is 12.2. The number of halogens is 2. The molecule has 0 fully saturated rings. The van der Waals surface area contributed by atoms with Crippen LogP contribution in [0.4, 0.5) is 9.18 Å². The van der Waals surface area contributed by atoms with Gasteiger partial charge in [0.15, 0.2) is 5.84 Å². The van der Waals surface area contributed by atoms with Crippen LogP contribution in [0.2, 0.25) is 0 Å². The van der Waals surface area contributed by atoms with Crippen LogP contribution < -0.4 is 5.73 Å². The van der Waals surface area contributed by atoms with Gasteiger partial charge < -0.3 is 10.5 Å². The molecule has 0 aliphatic rings. The summed E-state index contributed by atoms with van der Waals surface area (Å²) in [6.45, 7) is 5.24. The highest BCUT2D eigenvalue weighted by molar-refractivity contribution is 9.10. The molecule has 0 saturated carbocycles. The number of nitrogens with two attached hydrogens (primary N) is 1. The maximum absolute atomic E-state index is 13.4. The number of amidine groups is 1. The lowest BCUT2D eigenvalue weighted by atomic mass is 10.2. The van der Waals surface area contributed by atoms with Gasteiger partial charge in [-0.05, 0) is 54.9 Å². The largest absolute Gasteiger partial charge is 0.442 e. The van der Waals surface area contributed by atoms with E-state index >= 15 is 0 Å². The van der Waals surface area contributed by atoms with E-state index < -0.39 is 17.5 Å². The first-order chi connectivity index (χ1) is 9.10. The van der Waals surface area contributed by atoms with E-state index in [9.17, 15) is 9.18 Å². The molecule has 0 unspecified atom stereocenters. The molecule has 1 rings (SSSR count). The first-order valence-corrected chi connectivity index (χ1v) is 6.65. The molecule has 0 saturated heterocycles. The van der Waals surface area contributed by atoms with E-state index in [-0.39, 0.29) is 5.84 Å². The molecule has 20 heavy (non-hydrogen) atoms. The molecule has 0 heterocycles. The van der Waals surface area contributed by atoms with Gasteiger partial charge >= 0.3 is 6.09 Å². The summed E-state index contributed by atoms with van der Waals surface area (Å²) in [5.74, 6) is -0.440. The number of carbonyl (C=O) groups is 1. The Morgan fingerprint density at radius 3 is 2.55 bits per heavy atom. The second-order valence-corrected chi connectivity index (χ2v) is 5.97. The van der Waals surface area contributed by atoms with Crippen molar-refractivity contribution in [1.29, 1.82) is 0 Å². The van der Waals surface area contributed by atoms with E-state index in [0.717, 1.165) is 5.01 Å². The summed E-state index contributed by atoms with van der Waals surface area (Å²) in [4.78, 5) is 11.7. The van der Waals surface area contributed by atoms with Crippen molar-refractivity contribution in [2.45, 2.75) is 26.4 Å². The van der Waals surface area contributed by atoms with Gasteiger partial charge in [-0.1, -0.05) is 0 Å². The third-order valence-electron chi connectivity index (χ3n) is 2.13. The third kappa shape index (κ3) is 4.80. The fraction of sp³-hybridized carbons (Fsp3) is 0.385. The Labute approximate surface area is 125 Å². The number of benzene rings is 1. The van der Waals surface area contributed by atoms with E-state index in [4.69, 9.17) is 10.5 Å². The summed E-state index contributed by atoms with van der Waals surface area (Å²) in [5.41, 5.74) is 5.49. The van der Waals surface area contributed by atoms with Crippen LogP contribution in [0.25, 0.3) is 0 Å². The van der Waals surface area contributed by atoms with Gasteiger partial charge in [-0.25, -0.2) is 9.18 Å². The number of amides is 1. The highest BCUT2D eigenvalue weighted by Crippen LogP contribution is 2.16. The van der Waals surface area contributed by atoms with E-state index in [1.54, 1.807) is 26.8 Å². The van der Waals surface area contributed by atoms with Gasteiger partial charge in [0.25, 0.3) is 0 Å². The number of rotatable bonds is 2. The predicted molar refractivity (Wildman–Crippen MR) is 78.8 cm³/mol. The second kappa shape index (κ2) is 6.21. The Hall–Kier alpha value is -1.63. The minimum absolute atomic E-state index is 0.0183. The van der Waals surface area contributed by atoms with Crippen LogP contribution in [0.1, 0.15) is 26.3 Å². The molecule has 0 spiro atoms. The molecule has 2 N–H and O–H groups in total. The summed E-state index contributed by atoms with van der Waals surface area (Å²) < 4.78 is 18.8. The molecule has 0 aliphatic heterocycles. The predicted octanol–water partition coefficient (Wildman–Crippen LogP) is 3.08. The molecule has 110 valence electrons. The summed E-state index contributed by atoms with van der Waals surface area (Å²) in [6, 6.07) is 4.33. The summed E-state index contributed by atoms with van der Waals surface area (Å²) in [7, 11) is 1.41. The minimum atomic E-state index is -0.641. The highest BCUT2D eigenvalue weighted by Gasteiger charge is 2.19. The average molecular weight is 346 g/mol. The fourth-order valence-corrected chi connectivity index (χ4v) is 1.49. The van der Waals surface area contributed by atoms with Gasteiger partial charge in [0.05, 0.1) is 4.47 Å². The van der Waals surface area contributed by atoms with Crippen molar-refractivity contribution >= 4 is 27.9 Å². The maximum atomic E-state index is 13.4. The third-order valence-corrected chi connectivity index (χ3v) is 2.77. The smallest absolute Gasteiger partial charge is 0.430 e.